The van der Waals surface area contributed by atoms with E-state index in [1.165, 1.54) is 27.8 Å². The molecule has 26 heavy (non-hydrogen) atoms. The smallest absolute Gasteiger partial charge is 0.119 e. The topological polar surface area (TPSA) is 29.5 Å². The van der Waals surface area contributed by atoms with Gasteiger partial charge in [-0.3, -0.25) is 0 Å². The molecule has 2 heteroatoms. The van der Waals surface area contributed by atoms with Crippen molar-refractivity contribution in [1.29, 1.82) is 0 Å². The maximum atomic E-state index is 9.77. The van der Waals surface area contributed by atoms with E-state index in [0.29, 0.717) is 18.8 Å². The van der Waals surface area contributed by atoms with Crippen molar-refractivity contribution in [3.63, 3.8) is 0 Å². The van der Waals surface area contributed by atoms with E-state index in [0.717, 1.165) is 18.6 Å². The van der Waals surface area contributed by atoms with Crippen molar-refractivity contribution in [1.82, 2.24) is 0 Å². The number of aliphatic hydroxyl groups excluding tert-OH is 1. The molecule has 1 aliphatic carbocycles. The molecule has 3 rings (SSSR count). The third kappa shape index (κ3) is 4.08. The molecule has 0 radical (unpaired) electrons. The lowest BCUT2D eigenvalue weighted by Crippen LogP contribution is -2.00. The molecule has 1 N–H and O–H groups in total. The first-order chi connectivity index (χ1) is 12.7. The summed E-state index contributed by atoms with van der Waals surface area (Å²) in [6, 6.07) is 18.9. The average molecular weight is 346 g/mol. The van der Waals surface area contributed by atoms with Crippen LogP contribution in [-0.2, 0) is 0 Å². The van der Waals surface area contributed by atoms with Gasteiger partial charge in [0.05, 0.1) is 12.4 Å². The van der Waals surface area contributed by atoms with Crippen molar-refractivity contribution >= 4 is 11.1 Å². The average Bonchev–Trinajstić information content (AvgIpc) is 2.69. The van der Waals surface area contributed by atoms with Crippen LogP contribution in [0.5, 0.6) is 5.75 Å². The van der Waals surface area contributed by atoms with Gasteiger partial charge in [-0.2, -0.15) is 0 Å². The van der Waals surface area contributed by atoms with E-state index < -0.39 is 0 Å². The molecule has 0 aromatic heterocycles. The number of hydrogen-bond acceptors (Lipinski definition) is 2. The third-order valence-electron chi connectivity index (χ3n) is 4.68. The quantitative estimate of drug-likeness (QED) is 0.600. The highest BCUT2D eigenvalue weighted by Gasteiger charge is 2.17. The lowest BCUT2D eigenvalue weighted by atomic mass is 9.84. The Labute approximate surface area is 156 Å². The molecule has 0 bridgehead atoms. The Bertz CT molecular complexity index is 824. The highest BCUT2D eigenvalue weighted by atomic mass is 16.5. The first-order valence-electron chi connectivity index (χ1n) is 9.33. The summed E-state index contributed by atoms with van der Waals surface area (Å²) in [5.74, 6) is 1.35. The predicted molar refractivity (Wildman–Crippen MR) is 109 cm³/mol. The summed E-state index contributed by atoms with van der Waals surface area (Å²) in [5.41, 5.74) is 6.31. The summed E-state index contributed by atoms with van der Waals surface area (Å²) in [4.78, 5) is 0. The van der Waals surface area contributed by atoms with Crippen LogP contribution in [0.3, 0.4) is 0 Å². The van der Waals surface area contributed by atoms with Gasteiger partial charge < -0.3 is 9.84 Å². The van der Waals surface area contributed by atoms with Crippen molar-refractivity contribution < 1.29 is 9.84 Å². The molecule has 0 spiro atoms. The van der Waals surface area contributed by atoms with Crippen molar-refractivity contribution in [3.8, 4) is 5.75 Å². The second kappa shape index (κ2) is 8.57. The van der Waals surface area contributed by atoms with Crippen LogP contribution < -0.4 is 4.74 Å². The molecule has 0 heterocycles. The fraction of sp³-hybridized carbons (Fsp3) is 0.250. The molecule has 2 nitrogen and oxygen atoms in total. The minimum Gasteiger partial charge on any atom is -0.512 e. The summed E-state index contributed by atoms with van der Waals surface area (Å²) in [5, 5.41) is 9.77. The molecule has 0 fully saturated rings. The zero-order valence-corrected chi connectivity index (χ0v) is 15.5. The van der Waals surface area contributed by atoms with E-state index in [-0.39, 0.29) is 0 Å². The summed E-state index contributed by atoms with van der Waals surface area (Å²) in [7, 11) is 0. The molecule has 0 amide bonds. The van der Waals surface area contributed by atoms with Gasteiger partial charge in [0.2, 0.25) is 0 Å². The van der Waals surface area contributed by atoms with Gasteiger partial charge in [0.15, 0.2) is 0 Å². The van der Waals surface area contributed by atoms with Crippen LogP contribution in [0.2, 0.25) is 0 Å². The van der Waals surface area contributed by atoms with Crippen LogP contribution in [0.1, 0.15) is 44.2 Å². The maximum Gasteiger partial charge on any atom is 0.119 e. The molecule has 1 aliphatic rings. The fourth-order valence-electron chi connectivity index (χ4n) is 3.44. The number of hydrogen-bond donors (Lipinski definition) is 1. The van der Waals surface area contributed by atoms with Gasteiger partial charge in [0.1, 0.15) is 5.75 Å². The Hall–Kier alpha value is -2.74. The number of ether oxygens (including phenoxy) is 1. The largest absolute Gasteiger partial charge is 0.512 e. The minimum atomic E-state index is 0.456. The predicted octanol–water partition coefficient (Wildman–Crippen LogP) is 6.57. The second-order valence-electron chi connectivity index (χ2n) is 6.38. The number of benzene rings is 2. The highest BCUT2D eigenvalue weighted by Crippen LogP contribution is 2.38. The van der Waals surface area contributed by atoms with Crippen LogP contribution >= 0.6 is 0 Å². The van der Waals surface area contributed by atoms with Gasteiger partial charge >= 0.3 is 0 Å². The Balaban J connectivity index is 2.14. The number of aliphatic hydroxyl groups is 1. The molecule has 0 atom stereocenters. The molecule has 2 aromatic rings. The standard InChI is InChI=1S/C24H26O2/c1-3-23(18-8-6-5-7-9-18)24(19-10-14-21(25)15-11-19)20-12-16-22(17-13-20)26-4-2/h5-10,12-14,16-17,25H,3-4,11,15H2,1-2H3/b24-23-. The van der Waals surface area contributed by atoms with Gasteiger partial charge in [-0.25, -0.2) is 0 Å². The van der Waals surface area contributed by atoms with E-state index in [9.17, 15) is 5.11 Å². The summed E-state index contributed by atoms with van der Waals surface area (Å²) >= 11 is 0. The Morgan fingerprint density at radius 3 is 2.19 bits per heavy atom. The third-order valence-corrected chi connectivity index (χ3v) is 4.68. The van der Waals surface area contributed by atoms with Crippen LogP contribution in [0.4, 0.5) is 0 Å². The summed E-state index contributed by atoms with van der Waals surface area (Å²) in [6.07, 6.45) is 6.37. The van der Waals surface area contributed by atoms with Gasteiger partial charge in [-0.1, -0.05) is 55.5 Å². The molecule has 0 aliphatic heterocycles. The van der Waals surface area contributed by atoms with E-state index in [4.69, 9.17) is 4.74 Å². The normalized spacial score (nSPS) is 15.0. The highest BCUT2D eigenvalue weighted by molar-refractivity contribution is 5.98. The first-order valence-corrected chi connectivity index (χ1v) is 9.33. The zero-order valence-electron chi connectivity index (χ0n) is 15.5. The van der Waals surface area contributed by atoms with Crippen molar-refractivity contribution in [2.24, 2.45) is 0 Å². The SMILES string of the molecule is CCOc1ccc(/C(C2=CC=C(O)CC2)=C(/CC)c2ccccc2)cc1. The van der Waals surface area contributed by atoms with Gasteiger partial charge in [0, 0.05) is 6.42 Å². The van der Waals surface area contributed by atoms with Crippen LogP contribution in [0, 0.1) is 0 Å². The maximum absolute atomic E-state index is 9.77. The van der Waals surface area contributed by atoms with E-state index in [2.05, 4.69) is 49.4 Å². The lowest BCUT2D eigenvalue weighted by molar-refractivity contribution is 0.340. The molecular weight excluding hydrogens is 320 g/mol. The molecule has 134 valence electrons. The summed E-state index contributed by atoms with van der Waals surface area (Å²) in [6.45, 7) is 4.87. The summed E-state index contributed by atoms with van der Waals surface area (Å²) < 4.78 is 5.60. The molecule has 0 saturated heterocycles. The van der Waals surface area contributed by atoms with Crippen molar-refractivity contribution in [2.45, 2.75) is 33.1 Å². The van der Waals surface area contributed by atoms with Gasteiger partial charge in [0.25, 0.3) is 0 Å². The van der Waals surface area contributed by atoms with Crippen LogP contribution in [0.15, 0.2) is 78.1 Å². The van der Waals surface area contributed by atoms with Crippen molar-refractivity contribution in [3.05, 3.63) is 89.2 Å². The minimum absolute atomic E-state index is 0.456. The number of rotatable bonds is 6. The van der Waals surface area contributed by atoms with Crippen LogP contribution in [0.25, 0.3) is 11.1 Å². The van der Waals surface area contributed by atoms with Gasteiger partial charge in [-0.15, -0.1) is 0 Å². The molecular formula is C24H26O2. The van der Waals surface area contributed by atoms with E-state index in [1.54, 1.807) is 0 Å². The zero-order chi connectivity index (χ0) is 18.4. The van der Waals surface area contributed by atoms with Crippen LogP contribution in [-0.4, -0.2) is 11.7 Å². The van der Waals surface area contributed by atoms with E-state index in [1.807, 2.05) is 31.2 Å². The Kier molecular flexibility index (Phi) is 5.96. The number of allylic oxidation sites excluding steroid dienone is 6. The first kappa shape index (κ1) is 18.1. The Morgan fingerprint density at radius 2 is 1.62 bits per heavy atom. The lowest BCUT2D eigenvalue weighted by Gasteiger charge is -2.21. The monoisotopic (exact) mass is 346 g/mol. The van der Waals surface area contributed by atoms with Crippen molar-refractivity contribution in [2.75, 3.05) is 6.61 Å². The molecule has 2 aromatic carbocycles. The molecule has 0 unspecified atom stereocenters. The van der Waals surface area contributed by atoms with E-state index >= 15 is 0 Å². The second-order valence-corrected chi connectivity index (χ2v) is 6.38. The Morgan fingerprint density at radius 1 is 0.885 bits per heavy atom. The molecule has 0 saturated carbocycles. The fourth-order valence-corrected chi connectivity index (χ4v) is 3.44. The van der Waals surface area contributed by atoms with Gasteiger partial charge in [-0.05, 0) is 65.8 Å².